The maximum absolute atomic E-state index is 12.1. The summed E-state index contributed by atoms with van der Waals surface area (Å²) in [5.74, 6) is 0.359. The molecular weight excluding hydrogens is 346 g/mol. The highest BCUT2D eigenvalue weighted by molar-refractivity contribution is 5.89. The van der Waals surface area contributed by atoms with E-state index in [1.165, 1.54) is 0 Å². The van der Waals surface area contributed by atoms with Gasteiger partial charge in [-0.05, 0) is 65.8 Å². The van der Waals surface area contributed by atoms with Gasteiger partial charge in [0.25, 0.3) is 0 Å². The Hall–Kier alpha value is -2.24. The highest BCUT2D eigenvalue weighted by Crippen LogP contribution is 2.22. The van der Waals surface area contributed by atoms with Gasteiger partial charge in [-0.1, -0.05) is 0 Å². The van der Waals surface area contributed by atoms with Crippen LogP contribution in [-0.2, 0) is 9.47 Å². The number of carbonyl (C=O) groups excluding carboxylic acids is 2. The summed E-state index contributed by atoms with van der Waals surface area (Å²) in [4.78, 5) is 25.9. The number of amides is 1. The number of hydrogen-bond acceptors (Lipinski definition) is 5. The van der Waals surface area contributed by atoms with Crippen LogP contribution in [0.15, 0.2) is 24.3 Å². The van der Waals surface area contributed by atoms with Crippen molar-refractivity contribution in [3.63, 3.8) is 0 Å². The molecule has 1 saturated heterocycles. The van der Waals surface area contributed by atoms with E-state index < -0.39 is 11.2 Å². The number of nitrogens with zero attached hydrogens (tertiary/aromatic N) is 1. The molecule has 0 atom stereocenters. The minimum atomic E-state index is -0.519. The van der Waals surface area contributed by atoms with Crippen molar-refractivity contribution in [2.24, 2.45) is 0 Å². The number of esters is 1. The van der Waals surface area contributed by atoms with Crippen molar-refractivity contribution in [1.82, 2.24) is 4.90 Å². The topological polar surface area (TPSA) is 65.1 Å². The summed E-state index contributed by atoms with van der Waals surface area (Å²) in [5, 5.41) is 0. The molecule has 1 aromatic rings. The van der Waals surface area contributed by atoms with Gasteiger partial charge in [-0.3, -0.25) is 0 Å². The van der Waals surface area contributed by atoms with Crippen molar-refractivity contribution in [1.29, 1.82) is 0 Å². The third-order valence-corrected chi connectivity index (χ3v) is 3.89. The second kappa shape index (κ2) is 8.19. The van der Waals surface area contributed by atoms with Gasteiger partial charge in [0.05, 0.1) is 5.56 Å². The fourth-order valence-corrected chi connectivity index (χ4v) is 2.68. The lowest BCUT2D eigenvalue weighted by atomic mass is 10.1. The summed E-state index contributed by atoms with van der Waals surface area (Å²) >= 11 is 0. The first-order valence-corrected chi connectivity index (χ1v) is 9.41. The number of hydrogen-bond donors (Lipinski definition) is 0. The summed E-state index contributed by atoms with van der Waals surface area (Å²) in [6.07, 6.45) is 1.25. The standard InChI is InChI=1S/C21H31NO5/c1-20(2,3)26-18(23)15-7-9-16(10-8-15)25-17-11-13-22(14-12-17)19(24)27-21(4,5)6/h7-10,17H,11-14H2,1-6H3. The molecule has 0 saturated carbocycles. The van der Waals surface area contributed by atoms with Crippen molar-refractivity contribution in [3.05, 3.63) is 29.8 Å². The third kappa shape index (κ3) is 7.12. The number of piperidine rings is 1. The molecule has 1 fully saturated rings. The Kier molecular flexibility index (Phi) is 6.39. The number of ether oxygens (including phenoxy) is 3. The van der Waals surface area contributed by atoms with E-state index in [1.54, 1.807) is 29.2 Å². The average Bonchev–Trinajstić information content (AvgIpc) is 2.53. The maximum atomic E-state index is 12.1. The second-order valence-corrected chi connectivity index (χ2v) is 8.81. The van der Waals surface area contributed by atoms with E-state index in [-0.39, 0.29) is 18.2 Å². The van der Waals surface area contributed by atoms with Gasteiger partial charge in [-0.15, -0.1) is 0 Å². The van der Waals surface area contributed by atoms with Gasteiger partial charge in [0.2, 0.25) is 0 Å². The molecule has 0 aliphatic carbocycles. The first-order chi connectivity index (χ1) is 12.4. The van der Waals surface area contributed by atoms with E-state index in [0.29, 0.717) is 24.4 Å². The number of carbonyl (C=O) groups is 2. The fourth-order valence-electron chi connectivity index (χ4n) is 2.68. The summed E-state index contributed by atoms with van der Waals surface area (Å²) < 4.78 is 16.7. The van der Waals surface area contributed by atoms with Gasteiger partial charge >= 0.3 is 12.1 Å². The van der Waals surface area contributed by atoms with E-state index in [2.05, 4.69) is 0 Å². The second-order valence-electron chi connectivity index (χ2n) is 8.81. The van der Waals surface area contributed by atoms with Crippen LogP contribution in [0.4, 0.5) is 4.79 Å². The molecule has 150 valence electrons. The van der Waals surface area contributed by atoms with Gasteiger partial charge in [0.1, 0.15) is 23.1 Å². The molecule has 0 aromatic heterocycles. The number of benzene rings is 1. The van der Waals surface area contributed by atoms with Crippen molar-refractivity contribution >= 4 is 12.1 Å². The van der Waals surface area contributed by atoms with Crippen LogP contribution >= 0.6 is 0 Å². The predicted octanol–water partition coefficient (Wildman–Crippen LogP) is 4.42. The molecule has 0 spiro atoms. The molecule has 0 unspecified atom stereocenters. The van der Waals surface area contributed by atoms with Crippen molar-refractivity contribution in [2.75, 3.05) is 13.1 Å². The van der Waals surface area contributed by atoms with Crippen LogP contribution in [0.1, 0.15) is 64.7 Å². The van der Waals surface area contributed by atoms with E-state index in [0.717, 1.165) is 12.8 Å². The van der Waals surface area contributed by atoms with Gasteiger partial charge < -0.3 is 19.1 Å². The van der Waals surface area contributed by atoms with E-state index in [1.807, 2.05) is 41.5 Å². The lowest BCUT2D eigenvalue weighted by Gasteiger charge is -2.33. The van der Waals surface area contributed by atoms with Crippen LogP contribution in [0.3, 0.4) is 0 Å². The largest absolute Gasteiger partial charge is 0.490 e. The monoisotopic (exact) mass is 377 g/mol. The van der Waals surface area contributed by atoms with Crippen LogP contribution in [0, 0.1) is 0 Å². The summed E-state index contributed by atoms with van der Waals surface area (Å²) in [6.45, 7) is 12.3. The highest BCUT2D eigenvalue weighted by Gasteiger charge is 2.27. The van der Waals surface area contributed by atoms with E-state index in [9.17, 15) is 9.59 Å². The molecule has 6 nitrogen and oxygen atoms in total. The molecular formula is C21H31NO5. The lowest BCUT2D eigenvalue weighted by molar-refractivity contribution is 0.00683. The van der Waals surface area contributed by atoms with Crippen LogP contribution in [0.5, 0.6) is 5.75 Å². The zero-order chi connectivity index (χ0) is 20.2. The van der Waals surface area contributed by atoms with E-state index >= 15 is 0 Å². The van der Waals surface area contributed by atoms with Gasteiger partial charge in [0, 0.05) is 25.9 Å². The summed E-state index contributed by atoms with van der Waals surface area (Å²) in [6, 6.07) is 6.97. The van der Waals surface area contributed by atoms with Crippen LogP contribution in [0.2, 0.25) is 0 Å². The Bertz CT molecular complexity index is 647. The average molecular weight is 377 g/mol. The SMILES string of the molecule is CC(C)(C)OC(=O)c1ccc(OC2CCN(C(=O)OC(C)(C)C)CC2)cc1. The number of rotatable bonds is 3. The molecule has 1 aliphatic rings. The molecule has 27 heavy (non-hydrogen) atoms. The Morgan fingerprint density at radius 3 is 1.89 bits per heavy atom. The summed E-state index contributed by atoms with van der Waals surface area (Å²) in [7, 11) is 0. The van der Waals surface area contributed by atoms with Crippen molar-refractivity contribution < 1.29 is 23.8 Å². The van der Waals surface area contributed by atoms with Crippen LogP contribution < -0.4 is 4.74 Å². The molecule has 1 amide bonds. The molecule has 1 aromatic carbocycles. The van der Waals surface area contributed by atoms with Gasteiger partial charge in [0.15, 0.2) is 0 Å². The molecule has 2 rings (SSSR count). The Morgan fingerprint density at radius 1 is 0.889 bits per heavy atom. The minimum Gasteiger partial charge on any atom is -0.490 e. The number of likely N-dealkylation sites (tertiary alicyclic amines) is 1. The zero-order valence-electron chi connectivity index (χ0n) is 17.2. The molecule has 0 bridgehead atoms. The smallest absolute Gasteiger partial charge is 0.410 e. The Morgan fingerprint density at radius 2 is 1.41 bits per heavy atom. The summed E-state index contributed by atoms with van der Waals surface area (Å²) in [5.41, 5.74) is -0.508. The third-order valence-electron chi connectivity index (χ3n) is 3.89. The maximum Gasteiger partial charge on any atom is 0.410 e. The normalized spacial score (nSPS) is 16.0. The molecule has 1 heterocycles. The van der Waals surface area contributed by atoms with Crippen molar-refractivity contribution in [2.45, 2.75) is 71.7 Å². The molecule has 0 radical (unpaired) electrons. The lowest BCUT2D eigenvalue weighted by Crippen LogP contribution is -2.44. The molecule has 0 N–H and O–H groups in total. The quantitative estimate of drug-likeness (QED) is 0.730. The fraction of sp³-hybridized carbons (Fsp3) is 0.619. The first-order valence-electron chi connectivity index (χ1n) is 9.41. The van der Waals surface area contributed by atoms with E-state index in [4.69, 9.17) is 14.2 Å². The van der Waals surface area contributed by atoms with Gasteiger partial charge in [-0.25, -0.2) is 9.59 Å². The predicted molar refractivity (Wildman–Crippen MR) is 103 cm³/mol. The first kappa shape index (κ1) is 21.1. The molecule has 6 heteroatoms. The Balaban J connectivity index is 1.83. The zero-order valence-corrected chi connectivity index (χ0v) is 17.2. The van der Waals surface area contributed by atoms with Gasteiger partial charge in [-0.2, -0.15) is 0 Å². The van der Waals surface area contributed by atoms with Crippen LogP contribution in [-0.4, -0.2) is 47.4 Å². The van der Waals surface area contributed by atoms with Crippen LogP contribution in [0.25, 0.3) is 0 Å². The molecule has 1 aliphatic heterocycles. The van der Waals surface area contributed by atoms with Crippen molar-refractivity contribution in [3.8, 4) is 5.75 Å². The highest BCUT2D eigenvalue weighted by atomic mass is 16.6. The minimum absolute atomic E-state index is 0.0380. The Labute approximate surface area is 161 Å².